The summed E-state index contributed by atoms with van der Waals surface area (Å²) >= 11 is 0. The third-order valence-electron chi connectivity index (χ3n) is 2.53. The van der Waals surface area contributed by atoms with E-state index in [9.17, 15) is 0 Å². The molecule has 1 unspecified atom stereocenters. The van der Waals surface area contributed by atoms with Crippen LogP contribution in [0.4, 0.5) is 0 Å². The van der Waals surface area contributed by atoms with Gasteiger partial charge in [0.2, 0.25) is 0 Å². The average Bonchev–Trinajstić information content (AvgIpc) is 2.58. The molecule has 0 fully saturated rings. The van der Waals surface area contributed by atoms with Crippen molar-refractivity contribution in [2.75, 3.05) is 0 Å². The van der Waals surface area contributed by atoms with Gasteiger partial charge in [-0.2, -0.15) is 0 Å². The maximum atomic E-state index is 6.19. The van der Waals surface area contributed by atoms with E-state index in [1.165, 1.54) is 0 Å². The number of nitrogens with two attached hydrogens (primary N) is 1. The van der Waals surface area contributed by atoms with Crippen molar-refractivity contribution < 1.29 is 0 Å². The van der Waals surface area contributed by atoms with Crippen LogP contribution in [0.1, 0.15) is 18.0 Å². The van der Waals surface area contributed by atoms with Gasteiger partial charge in [-0.05, 0) is 17.6 Å². The number of rotatable bonds is 2. The van der Waals surface area contributed by atoms with Gasteiger partial charge >= 0.3 is 0 Å². The number of hydrogen-bond donors (Lipinski definition) is 1. The maximum Gasteiger partial charge on any atom is 0.0551 e. The van der Waals surface area contributed by atoms with Crippen molar-refractivity contribution in [2.45, 2.75) is 12.5 Å². The SMILES string of the molecule is NC(C1=CC=CCC=C1)c1ccccc1. The van der Waals surface area contributed by atoms with Gasteiger partial charge in [0.1, 0.15) is 0 Å². The second-order valence-electron chi connectivity index (χ2n) is 3.62. The molecule has 0 bridgehead atoms. The highest BCUT2D eigenvalue weighted by atomic mass is 14.6. The van der Waals surface area contributed by atoms with E-state index in [1.54, 1.807) is 0 Å². The van der Waals surface area contributed by atoms with Crippen LogP contribution < -0.4 is 5.73 Å². The Morgan fingerprint density at radius 3 is 2.67 bits per heavy atom. The maximum absolute atomic E-state index is 6.19. The average molecular weight is 197 g/mol. The van der Waals surface area contributed by atoms with E-state index in [0.29, 0.717) is 0 Å². The summed E-state index contributed by atoms with van der Waals surface area (Å²) in [6, 6.07) is 10.2. The lowest BCUT2D eigenvalue weighted by molar-refractivity contribution is 0.870. The highest BCUT2D eigenvalue weighted by Gasteiger charge is 2.08. The van der Waals surface area contributed by atoms with Gasteiger partial charge in [-0.15, -0.1) is 0 Å². The molecule has 15 heavy (non-hydrogen) atoms. The number of benzene rings is 1. The molecule has 1 nitrogen and oxygen atoms in total. The van der Waals surface area contributed by atoms with Gasteiger partial charge in [-0.1, -0.05) is 60.7 Å². The monoisotopic (exact) mass is 197 g/mol. The topological polar surface area (TPSA) is 26.0 Å². The van der Waals surface area contributed by atoms with Gasteiger partial charge in [-0.3, -0.25) is 0 Å². The summed E-state index contributed by atoms with van der Waals surface area (Å²) in [7, 11) is 0. The van der Waals surface area contributed by atoms with Crippen LogP contribution in [0.3, 0.4) is 0 Å². The summed E-state index contributed by atoms with van der Waals surface area (Å²) in [6.45, 7) is 0. The van der Waals surface area contributed by atoms with Crippen LogP contribution in [-0.2, 0) is 0 Å². The Hall–Kier alpha value is -1.60. The molecule has 0 radical (unpaired) electrons. The quantitative estimate of drug-likeness (QED) is 0.774. The van der Waals surface area contributed by atoms with E-state index in [1.807, 2.05) is 18.2 Å². The molecule has 1 aromatic rings. The summed E-state index contributed by atoms with van der Waals surface area (Å²) in [5.41, 5.74) is 8.50. The van der Waals surface area contributed by atoms with Crippen LogP contribution in [0, 0.1) is 0 Å². The van der Waals surface area contributed by atoms with Gasteiger partial charge < -0.3 is 5.73 Å². The highest BCUT2D eigenvalue weighted by molar-refractivity contribution is 5.37. The summed E-state index contributed by atoms with van der Waals surface area (Å²) in [4.78, 5) is 0. The van der Waals surface area contributed by atoms with E-state index in [4.69, 9.17) is 5.73 Å². The first-order chi connectivity index (χ1) is 7.38. The van der Waals surface area contributed by atoms with Crippen molar-refractivity contribution in [3.05, 3.63) is 71.8 Å². The Morgan fingerprint density at radius 2 is 1.87 bits per heavy atom. The van der Waals surface area contributed by atoms with Crippen LogP contribution >= 0.6 is 0 Å². The minimum atomic E-state index is -0.0230. The van der Waals surface area contributed by atoms with Crippen LogP contribution in [-0.4, -0.2) is 0 Å². The van der Waals surface area contributed by atoms with E-state index in [0.717, 1.165) is 17.6 Å². The van der Waals surface area contributed by atoms with Crippen molar-refractivity contribution in [3.8, 4) is 0 Å². The molecule has 1 heteroatoms. The zero-order valence-corrected chi connectivity index (χ0v) is 8.64. The summed E-state index contributed by atoms with van der Waals surface area (Å²) in [5.74, 6) is 0. The molecule has 0 saturated carbocycles. The molecule has 0 heterocycles. The minimum Gasteiger partial charge on any atom is -0.320 e. The molecule has 76 valence electrons. The normalized spacial score (nSPS) is 17.0. The highest BCUT2D eigenvalue weighted by Crippen LogP contribution is 2.21. The van der Waals surface area contributed by atoms with Gasteiger partial charge in [0, 0.05) is 0 Å². The first kappa shape index (κ1) is 9.94. The first-order valence-corrected chi connectivity index (χ1v) is 5.22. The zero-order valence-electron chi connectivity index (χ0n) is 8.64. The van der Waals surface area contributed by atoms with E-state index >= 15 is 0 Å². The first-order valence-electron chi connectivity index (χ1n) is 5.22. The van der Waals surface area contributed by atoms with Crippen molar-refractivity contribution in [1.82, 2.24) is 0 Å². The van der Waals surface area contributed by atoms with E-state index < -0.39 is 0 Å². The van der Waals surface area contributed by atoms with Crippen molar-refractivity contribution in [1.29, 1.82) is 0 Å². The fourth-order valence-corrected chi connectivity index (χ4v) is 1.66. The van der Waals surface area contributed by atoms with Crippen LogP contribution in [0.25, 0.3) is 0 Å². The number of allylic oxidation sites excluding steroid dienone is 4. The molecule has 0 saturated heterocycles. The Labute approximate surface area is 90.6 Å². The van der Waals surface area contributed by atoms with Gasteiger partial charge in [0.15, 0.2) is 0 Å². The Morgan fingerprint density at radius 1 is 1.07 bits per heavy atom. The Balaban J connectivity index is 2.24. The molecular formula is C14H15N. The molecule has 0 aliphatic heterocycles. The Bertz CT molecular complexity index is 399. The predicted molar refractivity (Wildman–Crippen MR) is 64.4 cm³/mol. The fraction of sp³-hybridized carbons (Fsp3) is 0.143. The minimum absolute atomic E-state index is 0.0230. The van der Waals surface area contributed by atoms with Crippen LogP contribution in [0.15, 0.2) is 66.3 Å². The molecule has 1 aliphatic rings. The standard InChI is InChI=1S/C14H15N/c15-14(13-10-6-3-7-11-13)12-8-4-1-2-5-9-12/h1,3-11,14H,2,15H2. The zero-order chi connectivity index (χ0) is 10.5. The number of hydrogen-bond acceptors (Lipinski definition) is 1. The summed E-state index contributed by atoms with van der Waals surface area (Å²) in [6.07, 6.45) is 11.5. The molecule has 2 N–H and O–H groups in total. The lowest BCUT2D eigenvalue weighted by atomic mass is 9.99. The van der Waals surface area contributed by atoms with E-state index in [-0.39, 0.29) is 6.04 Å². The fourth-order valence-electron chi connectivity index (χ4n) is 1.66. The van der Waals surface area contributed by atoms with Gasteiger partial charge in [-0.25, -0.2) is 0 Å². The summed E-state index contributed by atoms with van der Waals surface area (Å²) < 4.78 is 0. The molecular weight excluding hydrogens is 182 g/mol. The second kappa shape index (κ2) is 4.76. The Kier molecular flexibility index (Phi) is 3.15. The molecule has 1 aliphatic carbocycles. The largest absolute Gasteiger partial charge is 0.320 e. The van der Waals surface area contributed by atoms with E-state index in [2.05, 4.69) is 42.5 Å². The van der Waals surface area contributed by atoms with Gasteiger partial charge in [0.05, 0.1) is 6.04 Å². The van der Waals surface area contributed by atoms with Gasteiger partial charge in [0.25, 0.3) is 0 Å². The predicted octanol–water partition coefficient (Wildman–Crippen LogP) is 3.13. The molecule has 0 aromatic heterocycles. The molecule has 1 atom stereocenters. The van der Waals surface area contributed by atoms with Crippen molar-refractivity contribution in [3.63, 3.8) is 0 Å². The molecule has 0 spiro atoms. The van der Waals surface area contributed by atoms with Crippen LogP contribution in [0.2, 0.25) is 0 Å². The molecule has 2 rings (SSSR count). The third kappa shape index (κ3) is 2.45. The molecule has 1 aromatic carbocycles. The van der Waals surface area contributed by atoms with Crippen LogP contribution in [0.5, 0.6) is 0 Å². The lowest BCUT2D eigenvalue weighted by Crippen LogP contribution is -2.11. The summed E-state index contributed by atoms with van der Waals surface area (Å²) in [5, 5.41) is 0. The third-order valence-corrected chi connectivity index (χ3v) is 2.53. The van der Waals surface area contributed by atoms with Crippen molar-refractivity contribution >= 4 is 0 Å². The second-order valence-corrected chi connectivity index (χ2v) is 3.62. The molecule has 0 amide bonds. The lowest BCUT2D eigenvalue weighted by Gasteiger charge is -2.12. The smallest absolute Gasteiger partial charge is 0.0551 e. The van der Waals surface area contributed by atoms with Crippen molar-refractivity contribution in [2.24, 2.45) is 5.73 Å².